The van der Waals surface area contributed by atoms with Gasteiger partial charge in [0.1, 0.15) is 0 Å². The van der Waals surface area contributed by atoms with Crippen LogP contribution in [0.15, 0.2) is 30.5 Å². The first-order valence-electron chi connectivity index (χ1n) is 4.85. The van der Waals surface area contributed by atoms with Gasteiger partial charge in [-0.2, -0.15) is 0 Å². The maximum atomic E-state index is 5.92. The first-order chi connectivity index (χ1) is 7.72. The molecule has 3 nitrogen and oxygen atoms in total. The van der Waals surface area contributed by atoms with Crippen LogP contribution >= 0.6 is 22.9 Å². The zero-order chi connectivity index (χ0) is 11.5. The van der Waals surface area contributed by atoms with Crippen LogP contribution in [0.4, 0.5) is 0 Å². The summed E-state index contributed by atoms with van der Waals surface area (Å²) in [4.78, 5) is 5.42. The first-order valence-corrected chi connectivity index (χ1v) is 6.04. The zero-order valence-electron chi connectivity index (χ0n) is 8.77. The molecule has 2 heterocycles. The van der Waals surface area contributed by atoms with E-state index in [1.807, 2.05) is 31.2 Å². The molecule has 0 saturated carbocycles. The van der Waals surface area contributed by atoms with Gasteiger partial charge in [0, 0.05) is 11.1 Å². The summed E-state index contributed by atoms with van der Waals surface area (Å²) in [7, 11) is 0. The van der Waals surface area contributed by atoms with Gasteiger partial charge in [-0.3, -0.25) is 10.8 Å². The number of nitrogens with two attached hydrogens (primary N) is 1. The number of pyridine rings is 1. The molecule has 5 heteroatoms. The van der Waals surface area contributed by atoms with Crippen LogP contribution < -0.4 is 11.3 Å². The van der Waals surface area contributed by atoms with Crippen LogP contribution in [0.2, 0.25) is 4.34 Å². The monoisotopic (exact) mass is 253 g/mol. The van der Waals surface area contributed by atoms with Gasteiger partial charge in [0.25, 0.3) is 0 Å². The normalized spacial score (nSPS) is 12.7. The minimum atomic E-state index is -0.0984. The Bertz CT molecular complexity index is 484. The molecule has 0 aliphatic heterocycles. The fourth-order valence-electron chi connectivity index (χ4n) is 1.58. The number of nitrogens with zero attached hydrogens (tertiary/aromatic N) is 1. The van der Waals surface area contributed by atoms with E-state index in [-0.39, 0.29) is 6.04 Å². The summed E-state index contributed by atoms with van der Waals surface area (Å²) in [5.41, 5.74) is 4.82. The molecule has 2 aromatic rings. The van der Waals surface area contributed by atoms with Crippen molar-refractivity contribution in [1.29, 1.82) is 0 Å². The molecule has 0 aliphatic rings. The highest BCUT2D eigenvalue weighted by molar-refractivity contribution is 7.16. The number of rotatable bonds is 3. The number of aryl methyl sites for hydroxylation is 1. The van der Waals surface area contributed by atoms with Crippen molar-refractivity contribution in [3.63, 3.8) is 0 Å². The Morgan fingerprint density at radius 3 is 2.81 bits per heavy atom. The molecular weight excluding hydrogens is 242 g/mol. The van der Waals surface area contributed by atoms with Gasteiger partial charge in [0.2, 0.25) is 0 Å². The summed E-state index contributed by atoms with van der Waals surface area (Å²) in [6.45, 7) is 2.02. The summed E-state index contributed by atoms with van der Waals surface area (Å²) >= 11 is 7.43. The lowest BCUT2D eigenvalue weighted by Gasteiger charge is -2.15. The molecule has 84 valence electrons. The number of nitrogens with one attached hydrogen (secondary N) is 1. The van der Waals surface area contributed by atoms with Crippen molar-refractivity contribution >= 4 is 22.9 Å². The van der Waals surface area contributed by atoms with Crippen LogP contribution in [0.5, 0.6) is 0 Å². The van der Waals surface area contributed by atoms with E-state index in [1.54, 1.807) is 6.20 Å². The number of hydrogen-bond acceptors (Lipinski definition) is 4. The highest BCUT2D eigenvalue weighted by Crippen LogP contribution is 2.30. The molecule has 1 unspecified atom stereocenters. The largest absolute Gasteiger partial charge is 0.270 e. The van der Waals surface area contributed by atoms with Gasteiger partial charge in [-0.1, -0.05) is 17.7 Å². The standard InChI is InChI=1S/C11H12ClN3S/c1-7-3-2-6-14-10(7)11(15-13)8-4-5-9(12)16-8/h2-6,11,15H,13H2,1H3. The van der Waals surface area contributed by atoms with Gasteiger partial charge in [0.15, 0.2) is 0 Å². The Morgan fingerprint density at radius 2 is 2.25 bits per heavy atom. The van der Waals surface area contributed by atoms with Gasteiger partial charge in [-0.05, 0) is 30.7 Å². The lowest BCUT2D eigenvalue weighted by atomic mass is 10.1. The fraction of sp³-hybridized carbons (Fsp3) is 0.182. The van der Waals surface area contributed by atoms with E-state index in [4.69, 9.17) is 17.4 Å². The highest BCUT2D eigenvalue weighted by atomic mass is 35.5. The average molecular weight is 254 g/mol. The minimum absolute atomic E-state index is 0.0984. The molecule has 2 rings (SSSR count). The zero-order valence-corrected chi connectivity index (χ0v) is 10.3. The van der Waals surface area contributed by atoms with E-state index >= 15 is 0 Å². The molecule has 0 amide bonds. The third-order valence-electron chi connectivity index (χ3n) is 2.37. The van der Waals surface area contributed by atoms with Crippen molar-refractivity contribution in [3.05, 3.63) is 50.9 Å². The van der Waals surface area contributed by atoms with Crippen LogP contribution in [0.1, 0.15) is 22.2 Å². The van der Waals surface area contributed by atoms with E-state index in [9.17, 15) is 0 Å². The summed E-state index contributed by atoms with van der Waals surface area (Å²) in [6, 6.07) is 7.66. The number of halogens is 1. The predicted octanol–water partition coefficient (Wildman–Crippen LogP) is 2.66. The third kappa shape index (κ3) is 2.25. The molecule has 1 atom stereocenters. The summed E-state index contributed by atoms with van der Waals surface area (Å²) in [5.74, 6) is 5.59. The summed E-state index contributed by atoms with van der Waals surface area (Å²) in [5, 5.41) is 0. The molecule has 3 N–H and O–H groups in total. The van der Waals surface area contributed by atoms with E-state index in [2.05, 4.69) is 10.4 Å². The average Bonchev–Trinajstić information content (AvgIpc) is 2.69. The SMILES string of the molecule is Cc1cccnc1C(NN)c1ccc(Cl)s1. The van der Waals surface area contributed by atoms with Crippen LogP contribution in [0.25, 0.3) is 0 Å². The highest BCUT2D eigenvalue weighted by Gasteiger charge is 2.17. The maximum Gasteiger partial charge on any atom is 0.0976 e. The molecule has 0 fully saturated rings. The van der Waals surface area contributed by atoms with Gasteiger partial charge in [-0.15, -0.1) is 11.3 Å². The van der Waals surface area contributed by atoms with Gasteiger partial charge < -0.3 is 0 Å². The number of hydrazine groups is 1. The Kier molecular flexibility index (Phi) is 3.56. The van der Waals surface area contributed by atoms with Crippen molar-refractivity contribution in [3.8, 4) is 0 Å². The predicted molar refractivity (Wildman–Crippen MR) is 67.5 cm³/mol. The smallest absolute Gasteiger partial charge is 0.0976 e. The number of aromatic nitrogens is 1. The molecule has 16 heavy (non-hydrogen) atoms. The van der Waals surface area contributed by atoms with E-state index in [1.165, 1.54) is 11.3 Å². The van der Waals surface area contributed by atoms with Gasteiger partial charge in [-0.25, -0.2) is 5.43 Å². The Hall–Kier alpha value is -0.940. The van der Waals surface area contributed by atoms with Crippen LogP contribution in [-0.2, 0) is 0 Å². The fourth-order valence-corrected chi connectivity index (χ4v) is 2.70. The lowest BCUT2D eigenvalue weighted by molar-refractivity contribution is 0.626. The lowest BCUT2D eigenvalue weighted by Crippen LogP contribution is -2.29. The summed E-state index contributed by atoms with van der Waals surface area (Å²) in [6.07, 6.45) is 1.77. The first kappa shape index (κ1) is 11.5. The van der Waals surface area contributed by atoms with Crippen LogP contribution in [0.3, 0.4) is 0 Å². The molecule has 0 bridgehead atoms. The molecule has 0 radical (unpaired) electrons. The maximum absolute atomic E-state index is 5.92. The van der Waals surface area contributed by atoms with Crippen molar-refractivity contribution in [1.82, 2.24) is 10.4 Å². The second kappa shape index (κ2) is 4.93. The van der Waals surface area contributed by atoms with Gasteiger partial charge in [0.05, 0.1) is 16.1 Å². The minimum Gasteiger partial charge on any atom is -0.270 e. The molecule has 0 aliphatic carbocycles. The molecular formula is C11H12ClN3S. The third-order valence-corrected chi connectivity index (χ3v) is 3.66. The molecule has 0 aromatic carbocycles. The topological polar surface area (TPSA) is 50.9 Å². The van der Waals surface area contributed by atoms with E-state index in [0.29, 0.717) is 0 Å². The van der Waals surface area contributed by atoms with E-state index in [0.717, 1.165) is 20.5 Å². The van der Waals surface area contributed by atoms with Gasteiger partial charge >= 0.3 is 0 Å². The Balaban J connectivity index is 2.40. The second-order valence-corrected chi connectivity index (χ2v) is 5.19. The quantitative estimate of drug-likeness (QED) is 0.653. The van der Waals surface area contributed by atoms with Crippen molar-refractivity contribution in [2.45, 2.75) is 13.0 Å². The molecule has 2 aromatic heterocycles. The number of hydrogen-bond donors (Lipinski definition) is 2. The summed E-state index contributed by atoms with van der Waals surface area (Å²) < 4.78 is 0.754. The van der Waals surface area contributed by atoms with Crippen molar-refractivity contribution < 1.29 is 0 Å². The Labute approximate surface area is 103 Å². The number of thiophene rings is 1. The van der Waals surface area contributed by atoms with Crippen molar-refractivity contribution in [2.24, 2.45) is 5.84 Å². The second-order valence-electron chi connectivity index (χ2n) is 3.45. The van der Waals surface area contributed by atoms with Crippen LogP contribution in [0, 0.1) is 6.92 Å². The van der Waals surface area contributed by atoms with E-state index < -0.39 is 0 Å². The molecule has 0 saturated heterocycles. The Morgan fingerprint density at radius 1 is 1.44 bits per heavy atom. The molecule has 0 spiro atoms. The van der Waals surface area contributed by atoms with Crippen molar-refractivity contribution in [2.75, 3.05) is 0 Å². The van der Waals surface area contributed by atoms with Crippen LogP contribution in [-0.4, -0.2) is 4.98 Å².